The first-order valence-electron chi connectivity index (χ1n) is 9.58. The Kier molecular flexibility index (Phi) is 7.18. The number of carbonyl (C=O) groups is 2. The third kappa shape index (κ3) is 5.56. The highest BCUT2D eigenvalue weighted by atomic mass is 33.2. The van der Waals surface area contributed by atoms with E-state index in [1.807, 2.05) is 41.1 Å². The maximum absolute atomic E-state index is 12.6. The highest BCUT2D eigenvalue weighted by Gasteiger charge is 2.45. The number of unbranched alkanes of at least 4 members (excludes halogenated alkanes) is 1. The Hall–Kier alpha value is -0.950. The molecule has 2 N–H and O–H groups in total. The van der Waals surface area contributed by atoms with Crippen LogP contribution in [0.25, 0.3) is 0 Å². The Balaban J connectivity index is 1.49. The first-order chi connectivity index (χ1) is 13.3. The number of carbonyl (C=O) groups excluding carboxylic acids is 1. The quantitative estimate of drug-likeness (QED) is 0.363. The van der Waals surface area contributed by atoms with Crippen LogP contribution < -0.4 is 0 Å². The third-order valence-electron chi connectivity index (χ3n) is 5.38. The van der Waals surface area contributed by atoms with Gasteiger partial charge < -0.3 is 14.9 Å². The van der Waals surface area contributed by atoms with E-state index < -0.39 is 40.5 Å². The van der Waals surface area contributed by atoms with Crippen molar-refractivity contribution in [1.82, 2.24) is 4.90 Å². The lowest BCUT2D eigenvalue weighted by Gasteiger charge is -2.53. The molecule has 0 aromatic heterocycles. The number of benzene rings is 1. The number of rotatable bonds is 8. The van der Waals surface area contributed by atoms with Gasteiger partial charge in [0.05, 0.1) is 0 Å². The van der Waals surface area contributed by atoms with Crippen molar-refractivity contribution in [2.45, 2.75) is 25.3 Å². The number of carboxylic acid groups (broad SMARTS) is 1. The molecule has 0 bridgehead atoms. The summed E-state index contributed by atoms with van der Waals surface area (Å²) in [4.78, 5) is 35.9. The average Bonchev–Trinajstić information content (AvgIpc) is 2.64. The van der Waals surface area contributed by atoms with Crippen molar-refractivity contribution in [2.75, 3.05) is 41.9 Å². The van der Waals surface area contributed by atoms with Crippen molar-refractivity contribution >= 4 is 39.1 Å². The lowest BCUT2D eigenvalue weighted by molar-refractivity contribution is -0.148. The van der Waals surface area contributed by atoms with Crippen LogP contribution in [-0.2, 0) is 20.6 Å². The molecule has 3 rings (SSSR count). The average molecular weight is 446 g/mol. The summed E-state index contributed by atoms with van der Waals surface area (Å²) < 4.78 is 12.5. The monoisotopic (exact) mass is 445 g/mol. The summed E-state index contributed by atoms with van der Waals surface area (Å²) >= 11 is 0. The summed E-state index contributed by atoms with van der Waals surface area (Å²) in [6.45, 7) is 0.395. The van der Waals surface area contributed by atoms with E-state index in [2.05, 4.69) is 0 Å². The fourth-order valence-corrected chi connectivity index (χ4v) is 11.2. The molecule has 2 aliphatic rings. The van der Waals surface area contributed by atoms with Gasteiger partial charge in [0.15, 0.2) is 0 Å². The Labute approximate surface area is 171 Å². The first kappa shape index (κ1) is 21.8. The van der Waals surface area contributed by atoms with Crippen molar-refractivity contribution in [3.8, 4) is 0 Å². The van der Waals surface area contributed by atoms with Gasteiger partial charge >= 0.3 is 5.97 Å². The molecule has 28 heavy (non-hydrogen) atoms. The Bertz CT molecular complexity index is 756. The molecule has 2 heterocycles. The van der Waals surface area contributed by atoms with Crippen LogP contribution in [-0.4, -0.2) is 74.7 Å². The van der Waals surface area contributed by atoms with Gasteiger partial charge in [0, 0.05) is 30.0 Å². The number of hydrogen-bond acceptors (Lipinski definition) is 4. The van der Waals surface area contributed by atoms with Gasteiger partial charge in [-0.3, -0.25) is 9.36 Å². The molecular weight excluding hydrogens is 417 g/mol. The second kappa shape index (κ2) is 9.24. The second-order valence-electron chi connectivity index (χ2n) is 7.47. The molecule has 1 aromatic carbocycles. The molecule has 2 saturated heterocycles. The maximum Gasteiger partial charge on any atom is 0.327 e. The van der Waals surface area contributed by atoms with Gasteiger partial charge in [-0.15, -0.1) is 10.8 Å². The number of carboxylic acids is 1. The molecule has 0 radical (unpaired) electrons. The molecule has 2 unspecified atom stereocenters. The zero-order valence-electron chi connectivity index (χ0n) is 15.9. The first-order valence-corrected chi connectivity index (χ1v) is 15.3. The largest absolute Gasteiger partial charge is 0.480 e. The molecule has 9 heteroatoms. The summed E-state index contributed by atoms with van der Waals surface area (Å²) in [5, 5.41) is 9.57. The van der Waals surface area contributed by atoms with Crippen LogP contribution in [0.3, 0.4) is 0 Å². The van der Waals surface area contributed by atoms with Crippen LogP contribution in [0.2, 0.25) is 0 Å². The summed E-state index contributed by atoms with van der Waals surface area (Å²) in [5.74, 6) is 2.03. The summed E-state index contributed by atoms with van der Waals surface area (Å²) in [6, 6.07) is 9.10. The number of hydrogen-bond donors (Lipinski definition) is 2. The highest BCUT2D eigenvalue weighted by molar-refractivity contribution is 8.96. The van der Waals surface area contributed by atoms with Gasteiger partial charge in [-0.1, -0.05) is 30.3 Å². The number of amides is 1. The SMILES string of the molecule is O=C(O)[C@H]1CS2(CCS2)CCN1C(=O)CP(=O)(O)CCCCc1ccccc1. The molecule has 1 aromatic rings. The van der Waals surface area contributed by atoms with E-state index in [4.69, 9.17) is 0 Å². The maximum atomic E-state index is 12.6. The second-order valence-corrected chi connectivity index (χ2v) is 16.5. The van der Waals surface area contributed by atoms with E-state index in [9.17, 15) is 24.2 Å². The summed E-state index contributed by atoms with van der Waals surface area (Å²) in [7, 11) is -2.67. The molecule has 2 aliphatic heterocycles. The van der Waals surface area contributed by atoms with Crippen LogP contribution >= 0.6 is 27.2 Å². The standard InChI is InChI=1S/C19H28NO5PS2/c21-18(20-9-12-28(13-11-27-28)15-17(20)19(22)23)14-26(24,25)10-5-4-8-16-6-2-1-3-7-16/h1-3,6-7,17H,4-5,8-15H2,(H,22,23)(H,24,25)/t17-/m1/s1. The molecule has 1 spiro atoms. The molecule has 2 fully saturated rings. The van der Waals surface area contributed by atoms with Crippen LogP contribution in [0.1, 0.15) is 18.4 Å². The Morgan fingerprint density at radius 2 is 1.93 bits per heavy atom. The minimum Gasteiger partial charge on any atom is -0.480 e. The van der Waals surface area contributed by atoms with Crippen LogP contribution in [0.5, 0.6) is 0 Å². The predicted molar refractivity (Wildman–Crippen MR) is 117 cm³/mol. The third-order valence-corrected chi connectivity index (χ3v) is 14.5. The van der Waals surface area contributed by atoms with Gasteiger partial charge in [-0.25, -0.2) is 4.79 Å². The van der Waals surface area contributed by atoms with Crippen LogP contribution in [0.4, 0.5) is 0 Å². The van der Waals surface area contributed by atoms with E-state index >= 15 is 0 Å². The Morgan fingerprint density at radius 3 is 2.54 bits per heavy atom. The summed E-state index contributed by atoms with van der Waals surface area (Å²) in [6.07, 6.45) is 1.85. The fraction of sp³-hybridized carbons (Fsp3) is 0.579. The van der Waals surface area contributed by atoms with Crippen LogP contribution in [0, 0.1) is 0 Å². The smallest absolute Gasteiger partial charge is 0.327 e. The molecule has 1 amide bonds. The topological polar surface area (TPSA) is 94.9 Å². The minimum absolute atomic E-state index is 0.0994. The zero-order chi connectivity index (χ0) is 20.2. The van der Waals surface area contributed by atoms with Gasteiger partial charge in [-0.05, 0) is 30.6 Å². The number of aryl methyl sites for hydroxylation is 1. The van der Waals surface area contributed by atoms with Crippen molar-refractivity contribution in [2.24, 2.45) is 0 Å². The van der Waals surface area contributed by atoms with E-state index in [-0.39, 0.29) is 6.16 Å². The summed E-state index contributed by atoms with van der Waals surface area (Å²) in [5.41, 5.74) is 1.19. The van der Waals surface area contributed by atoms with Crippen molar-refractivity contribution in [3.05, 3.63) is 35.9 Å². The van der Waals surface area contributed by atoms with Gasteiger partial charge in [0.25, 0.3) is 0 Å². The Morgan fingerprint density at radius 1 is 1.21 bits per heavy atom. The number of aliphatic carboxylic acids is 1. The zero-order valence-corrected chi connectivity index (χ0v) is 18.4. The van der Waals surface area contributed by atoms with E-state index in [0.717, 1.165) is 30.1 Å². The molecule has 6 nitrogen and oxygen atoms in total. The lowest BCUT2D eigenvalue weighted by atomic mass is 10.1. The highest BCUT2D eigenvalue weighted by Crippen LogP contribution is 2.69. The van der Waals surface area contributed by atoms with Crippen molar-refractivity contribution in [1.29, 1.82) is 0 Å². The fourth-order valence-electron chi connectivity index (χ4n) is 3.71. The van der Waals surface area contributed by atoms with E-state index in [1.165, 1.54) is 10.5 Å². The van der Waals surface area contributed by atoms with Crippen molar-refractivity contribution in [3.63, 3.8) is 0 Å². The van der Waals surface area contributed by atoms with E-state index in [0.29, 0.717) is 18.7 Å². The lowest BCUT2D eigenvalue weighted by Crippen LogP contribution is -2.55. The molecule has 0 aliphatic carbocycles. The van der Waals surface area contributed by atoms with E-state index in [1.54, 1.807) is 0 Å². The van der Waals surface area contributed by atoms with Gasteiger partial charge in [-0.2, -0.15) is 9.06 Å². The van der Waals surface area contributed by atoms with Crippen LogP contribution in [0.15, 0.2) is 30.3 Å². The minimum atomic E-state index is -3.60. The molecule has 156 valence electrons. The molecule has 0 saturated carbocycles. The van der Waals surface area contributed by atoms with Gasteiger partial charge in [0.1, 0.15) is 12.2 Å². The molecular formula is C19H28NO5PS2. The van der Waals surface area contributed by atoms with Crippen molar-refractivity contribution < 1.29 is 24.2 Å². The molecule has 3 atom stereocenters. The predicted octanol–water partition coefficient (Wildman–Crippen LogP) is 3.04. The van der Waals surface area contributed by atoms with Gasteiger partial charge in [0.2, 0.25) is 13.3 Å². The number of nitrogens with zero attached hydrogens (tertiary/aromatic N) is 1. The normalized spacial score (nSPS) is 28.8.